The molecule has 11 heteroatoms. The monoisotopic (exact) mass is 606 g/mol. The van der Waals surface area contributed by atoms with Gasteiger partial charge in [0.05, 0.1) is 21.0 Å². The van der Waals surface area contributed by atoms with Crippen LogP contribution in [0.25, 0.3) is 0 Å². The SMILES string of the molecule is CC1(O)C2CCC(CC2)C1OS(=O)(=O)c1ccc(Oc2ccc(S(=O)(=O)OC3C4CCC(CC4)C3(C)O)cc2)cc1. The van der Waals surface area contributed by atoms with Crippen LogP contribution in [0.3, 0.4) is 0 Å². The van der Waals surface area contributed by atoms with E-state index in [1.807, 2.05) is 0 Å². The van der Waals surface area contributed by atoms with Gasteiger partial charge < -0.3 is 14.9 Å². The second-order valence-electron chi connectivity index (χ2n) is 12.7. The van der Waals surface area contributed by atoms with E-state index in [-0.39, 0.29) is 33.5 Å². The zero-order chi connectivity index (χ0) is 29.2. The summed E-state index contributed by atoms with van der Waals surface area (Å²) in [6.07, 6.45) is 5.39. The Morgan fingerprint density at radius 3 is 1.20 bits per heavy atom. The van der Waals surface area contributed by atoms with E-state index in [1.54, 1.807) is 13.8 Å². The van der Waals surface area contributed by atoms with Crippen molar-refractivity contribution >= 4 is 20.2 Å². The van der Waals surface area contributed by atoms with Gasteiger partial charge >= 0.3 is 0 Å². The fourth-order valence-electron chi connectivity index (χ4n) is 7.65. The molecule has 0 aliphatic heterocycles. The lowest BCUT2D eigenvalue weighted by Crippen LogP contribution is -2.58. The molecular weight excluding hydrogens is 568 g/mol. The van der Waals surface area contributed by atoms with Crippen molar-refractivity contribution in [2.24, 2.45) is 23.7 Å². The molecular formula is C30H38O9S2. The lowest BCUT2D eigenvalue weighted by Gasteiger charge is -2.51. The van der Waals surface area contributed by atoms with Crippen molar-refractivity contribution in [1.82, 2.24) is 0 Å². The summed E-state index contributed by atoms with van der Waals surface area (Å²) in [5.74, 6) is 0.802. The first-order valence-electron chi connectivity index (χ1n) is 14.5. The van der Waals surface area contributed by atoms with Crippen LogP contribution in [0.1, 0.15) is 65.2 Å². The molecule has 41 heavy (non-hydrogen) atoms. The quantitative estimate of drug-likeness (QED) is 0.407. The Labute approximate surface area is 242 Å². The van der Waals surface area contributed by atoms with Crippen LogP contribution in [0.15, 0.2) is 58.3 Å². The van der Waals surface area contributed by atoms with E-state index in [1.165, 1.54) is 48.5 Å². The van der Waals surface area contributed by atoms with Gasteiger partial charge in [0.15, 0.2) is 0 Å². The molecule has 8 rings (SSSR count). The van der Waals surface area contributed by atoms with E-state index in [2.05, 4.69) is 0 Å². The van der Waals surface area contributed by atoms with Crippen molar-refractivity contribution in [2.45, 2.75) is 98.4 Å². The first-order valence-corrected chi connectivity index (χ1v) is 17.3. The van der Waals surface area contributed by atoms with Gasteiger partial charge in [-0.3, -0.25) is 8.37 Å². The van der Waals surface area contributed by atoms with Crippen molar-refractivity contribution in [2.75, 3.05) is 0 Å². The number of rotatable bonds is 8. The minimum atomic E-state index is -4.10. The molecule has 4 atom stereocenters. The molecule has 2 N–H and O–H groups in total. The third kappa shape index (κ3) is 5.34. The van der Waals surface area contributed by atoms with Crippen LogP contribution in [-0.2, 0) is 28.6 Å². The Morgan fingerprint density at radius 1 is 0.585 bits per heavy atom. The minimum absolute atomic E-state index is 0.00973. The van der Waals surface area contributed by atoms with Crippen LogP contribution in [-0.4, -0.2) is 50.5 Å². The van der Waals surface area contributed by atoms with Crippen molar-refractivity contribution in [3.63, 3.8) is 0 Å². The Bertz CT molecular complexity index is 1350. The number of fused-ring (bicyclic) bond motifs is 6. The second kappa shape index (κ2) is 10.3. The summed E-state index contributed by atoms with van der Waals surface area (Å²) >= 11 is 0. The highest BCUT2D eigenvalue weighted by atomic mass is 32.2. The van der Waals surface area contributed by atoms with Gasteiger partial charge in [0, 0.05) is 0 Å². The molecule has 4 bridgehead atoms. The van der Waals surface area contributed by atoms with E-state index >= 15 is 0 Å². The number of aliphatic hydroxyl groups is 2. The normalized spacial score (nSPS) is 36.8. The average molecular weight is 607 g/mol. The largest absolute Gasteiger partial charge is 0.457 e. The first kappa shape index (κ1) is 29.1. The maximum atomic E-state index is 13.0. The molecule has 0 spiro atoms. The van der Waals surface area contributed by atoms with Crippen LogP contribution in [0.2, 0.25) is 0 Å². The number of ether oxygens (including phenoxy) is 1. The van der Waals surface area contributed by atoms with E-state index in [4.69, 9.17) is 13.1 Å². The van der Waals surface area contributed by atoms with Gasteiger partial charge in [-0.15, -0.1) is 0 Å². The maximum absolute atomic E-state index is 13.0. The molecule has 2 aromatic carbocycles. The summed E-state index contributed by atoms with van der Waals surface area (Å²) in [5, 5.41) is 22.0. The smallest absolute Gasteiger partial charge is 0.297 e. The fourth-order valence-corrected chi connectivity index (χ4v) is 10.1. The summed E-state index contributed by atoms with van der Waals surface area (Å²) in [5.41, 5.74) is -2.37. The fraction of sp³-hybridized carbons (Fsp3) is 0.600. The molecule has 6 fully saturated rings. The van der Waals surface area contributed by atoms with E-state index < -0.39 is 43.6 Å². The standard InChI is InChI=1S/C30H38O9S2/c1-29(31)21-7-3-19(4-8-21)27(29)38-40(33,34)25-15-11-23(12-16-25)37-24-13-17-26(18-14-24)41(35,36)39-28-20-5-9-22(10-6-20)30(28,2)32/h11-22,27-28,31-32H,3-10H2,1-2H3. The number of hydrogen-bond donors (Lipinski definition) is 2. The van der Waals surface area contributed by atoms with Gasteiger partial charge in [-0.2, -0.15) is 16.8 Å². The van der Waals surface area contributed by atoms with Crippen molar-refractivity contribution in [1.29, 1.82) is 0 Å². The first-order chi connectivity index (χ1) is 19.3. The van der Waals surface area contributed by atoms with Gasteiger partial charge in [0.1, 0.15) is 23.7 Å². The Kier molecular flexibility index (Phi) is 7.31. The van der Waals surface area contributed by atoms with Crippen molar-refractivity contribution in [3.8, 4) is 11.5 Å². The summed E-state index contributed by atoms with van der Waals surface area (Å²) in [7, 11) is -8.21. The van der Waals surface area contributed by atoms with Gasteiger partial charge in [-0.1, -0.05) is 0 Å². The summed E-state index contributed by atoms with van der Waals surface area (Å²) < 4.78 is 69.1. The Balaban J connectivity index is 1.10. The molecule has 224 valence electrons. The third-order valence-corrected chi connectivity index (χ3v) is 12.7. The van der Waals surface area contributed by atoms with Crippen molar-refractivity contribution < 1.29 is 40.2 Å². The zero-order valence-electron chi connectivity index (χ0n) is 23.3. The van der Waals surface area contributed by atoms with Crippen LogP contribution < -0.4 is 4.74 Å². The minimum Gasteiger partial charge on any atom is -0.457 e. The predicted molar refractivity (Wildman–Crippen MR) is 149 cm³/mol. The molecule has 0 saturated heterocycles. The summed E-state index contributed by atoms with van der Waals surface area (Å²) in [4.78, 5) is -0.0685. The number of benzene rings is 2. The average Bonchev–Trinajstić information content (AvgIpc) is 2.94. The summed E-state index contributed by atoms with van der Waals surface area (Å²) in [6, 6.07) is 11.5. The molecule has 6 aliphatic rings. The zero-order valence-corrected chi connectivity index (χ0v) is 24.9. The van der Waals surface area contributed by atoms with E-state index in [9.17, 15) is 27.0 Å². The van der Waals surface area contributed by atoms with Crippen LogP contribution >= 0.6 is 0 Å². The van der Waals surface area contributed by atoms with E-state index in [0.717, 1.165) is 51.4 Å². The molecule has 0 aromatic heterocycles. The predicted octanol–water partition coefficient (Wildman–Crippen LogP) is 4.77. The van der Waals surface area contributed by atoms with Crippen molar-refractivity contribution in [3.05, 3.63) is 48.5 Å². The second-order valence-corrected chi connectivity index (χ2v) is 15.8. The summed E-state index contributed by atoms with van der Waals surface area (Å²) in [6.45, 7) is 3.35. The molecule has 0 heterocycles. The Morgan fingerprint density at radius 2 is 0.902 bits per heavy atom. The highest BCUT2D eigenvalue weighted by Crippen LogP contribution is 2.50. The van der Waals surface area contributed by atoms with Crippen LogP contribution in [0.4, 0.5) is 0 Å². The topological polar surface area (TPSA) is 136 Å². The Hall–Kier alpha value is -2.02. The molecule has 4 unspecified atom stereocenters. The van der Waals surface area contributed by atoms with Crippen LogP contribution in [0, 0.1) is 23.7 Å². The maximum Gasteiger partial charge on any atom is 0.297 e. The number of hydrogen-bond acceptors (Lipinski definition) is 9. The van der Waals surface area contributed by atoms with Gasteiger partial charge in [-0.05, 0) is 137 Å². The van der Waals surface area contributed by atoms with Gasteiger partial charge in [-0.25, -0.2) is 0 Å². The molecule has 0 radical (unpaired) electrons. The molecule has 6 aliphatic carbocycles. The van der Waals surface area contributed by atoms with Gasteiger partial charge in [0.25, 0.3) is 20.2 Å². The lowest BCUT2D eigenvalue weighted by atomic mass is 9.61. The van der Waals surface area contributed by atoms with E-state index in [0.29, 0.717) is 11.5 Å². The van der Waals surface area contributed by atoms with Crippen LogP contribution in [0.5, 0.6) is 11.5 Å². The molecule has 6 saturated carbocycles. The highest BCUT2D eigenvalue weighted by molar-refractivity contribution is 7.87. The highest BCUT2D eigenvalue weighted by Gasteiger charge is 2.54. The molecule has 9 nitrogen and oxygen atoms in total. The third-order valence-electron chi connectivity index (χ3n) is 10.1. The lowest BCUT2D eigenvalue weighted by molar-refractivity contribution is -0.163. The molecule has 0 amide bonds. The molecule has 2 aromatic rings. The van der Waals surface area contributed by atoms with Gasteiger partial charge in [0.2, 0.25) is 0 Å².